The van der Waals surface area contributed by atoms with Crippen molar-refractivity contribution in [1.82, 2.24) is 4.98 Å². The van der Waals surface area contributed by atoms with Gasteiger partial charge in [0.15, 0.2) is 0 Å². The molecule has 0 atom stereocenters. The highest BCUT2D eigenvalue weighted by atomic mass is 35.5. The van der Waals surface area contributed by atoms with Gasteiger partial charge in [-0.15, -0.1) is 0 Å². The molecule has 0 fully saturated rings. The predicted molar refractivity (Wildman–Crippen MR) is 40.8 cm³/mol. The van der Waals surface area contributed by atoms with E-state index in [0.717, 1.165) is 12.3 Å². The molecular formula is C7H5ClF3NO. The molecular weight excluding hydrogens is 207 g/mol. The number of hydrogen-bond acceptors (Lipinski definition) is 2. The Balaban J connectivity index is 3.24. The molecule has 0 amide bonds. The van der Waals surface area contributed by atoms with Gasteiger partial charge in [-0.25, -0.2) is 4.98 Å². The fourth-order valence-electron chi connectivity index (χ4n) is 0.786. The molecule has 2 nitrogen and oxygen atoms in total. The molecule has 0 spiro atoms. The third-order valence-corrected chi connectivity index (χ3v) is 1.72. The minimum absolute atomic E-state index is 0.225. The fourth-order valence-corrected chi connectivity index (χ4v) is 1.08. The van der Waals surface area contributed by atoms with Crippen LogP contribution in [0.3, 0.4) is 0 Å². The number of ether oxygens (including phenoxy) is 1. The Morgan fingerprint density at radius 3 is 2.54 bits per heavy atom. The average Bonchev–Trinajstić information content (AvgIpc) is 2.02. The van der Waals surface area contributed by atoms with Crippen LogP contribution in [-0.2, 0) is 6.18 Å². The number of rotatable bonds is 1. The van der Waals surface area contributed by atoms with Crippen molar-refractivity contribution >= 4 is 11.6 Å². The fraction of sp³-hybridized carbons (Fsp3) is 0.286. The summed E-state index contributed by atoms with van der Waals surface area (Å²) in [6, 6.07) is 0.796. The highest BCUT2D eigenvalue weighted by Crippen LogP contribution is 2.37. The molecule has 1 aromatic rings. The summed E-state index contributed by atoms with van der Waals surface area (Å²) in [5, 5.41) is -0.516. The molecule has 0 N–H and O–H groups in total. The Labute approximate surface area is 77.3 Å². The van der Waals surface area contributed by atoms with E-state index in [0.29, 0.717) is 0 Å². The van der Waals surface area contributed by atoms with Crippen LogP contribution in [-0.4, -0.2) is 12.1 Å². The van der Waals surface area contributed by atoms with Crippen molar-refractivity contribution in [3.05, 3.63) is 22.8 Å². The van der Waals surface area contributed by atoms with E-state index in [2.05, 4.69) is 9.72 Å². The van der Waals surface area contributed by atoms with Crippen LogP contribution >= 0.6 is 11.6 Å². The summed E-state index contributed by atoms with van der Waals surface area (Å²) >= 11 is 5.39. The zero-order valence-electron chi connectivity index (χ0n) is 6.52. The van der Waals surface area contributed by atoms with E-state index in [9.17, 15) is 13.2 Å². The molecule has 0 aliphatic rings. The molecule has 1 rings (SSSR count). The van der Waals surface area contributed by atoms with E-state index >= 15 is 0 Å². The van der Waals surface area contributed by atoms with Crippen molar-refractivity contribution in [3.8, 4) is 5.88 Å². The van der Waals surface area contributed by atoms with Crippen LogP contribution in [0.25, 0.3) is 0 Å². The van der Waals surface area contributed by atoms with Gasteiger partial charge in [0.2, 0.25) is 5.88 Å². The lowest BCUT2D eigenvalue weighted by atomic mass is 10.2. The van der Waals surface area contributed by atoms with E-state index in [1.54, 1.807) is 0 Å². The lowest BCUT2D eigenvalue weighted by Gasteiger charge is -2.09. The number of halogens is 4. The summed E-state index contributed by atoms with van der Waals surface area (Å²) in [4.78, 5) is 3.52. The molecule has 13 heavy (non-hydrogen) atoms. The summed E-state index contributed by atoms with van der Waals surface area (Å²) in [7, 11) is 1.20. The maximum atomic E-state index is 12.2. The van der Waals surface area contributed by atoms with Crippen LogP contribution in [0.5, 0.6) is 5.88 Å². The molecule has 1 aromatic heterocycles. The monoisotopic (exact) mass is 211 g/mol. The molecule has 0 unspecified atom stereocenters. The van der Waals surface area contributed by atoms with Gasteiger partial charge in [0.05, 0.1) is 12.7 Å². The summed E-state index contributed by atoms with van der Waals surface area (Å²) in [5.74, 6) is -0.225. The first kappa shape index (κ1) is 10.1. The molecule has 0 aliphatic heterocycles. The highest BCUT2D eigenvalue weighted by molar-refractivity contribution is 6.32. The van der Waals surface area contributed by atoms with Crippen LogP contribution < -0.4 is 4.74 Å². The Kier molecular flexibility index (Phi) is 2.66. The van der Waals surface area contributed by atoms with Crippen molar-refractivity contribution in [1.29, 1.82) is 0 Å². The third-order valence-electron chi connectivity index (χ3n) is 1.36. The summed E-state index contributed by atoms with van der Waals surface area (Å²) in [5.41, 5.74) is -0.944. The Morgan fingerprint density at radius 2 is 2.08 bits per heavy atom. The van der Waals surface area contributed by atoms with E-state index in [1.807, 2.05) is 0 Å². The normalized spacial score (nSPS) is 11.5. The number of pyridine rings is 1. The van der Waals surface area contributed by atoms with Crippen LogP contribution in [0.1, 0.15) is 5.56 Å². The first-order chi connectivity index (χ1) is 5.96. The van der Waals surface area contributed by atoms with Gasteiger partial charge in [0.25, 0.3) is 0 Å². The van der Waals surface area contributed by atoms with Gasteiger partial charge < -0.3 is 4.74 Å². The number of hydrogen-bond donors (Lipinski definition) is 0. The van der Waals surface area contributed by atoms with Crippen molar-refractivity contribution in [3.63, 3.8) is 0 Å². The van der Waals surface area contributed by atoms with Crippen molar-refractivity contribution in [2.45, 2.75) is 6.18 Å². The van der Waals surface area contributed by atoms with Crippen molar-refractivity contribution in [2.75, 3.05) is 7.11 Å². The Bertz CT molecular complexity index is 313. The molecule has 6 heteroatoms. The minimum Gasteiger partial charge on any atom is -0.480 e. The quantitative estimate of drug-likeness (QED) is 0.713. The lowest BCUT2D eigenvalue weighted by Crippen LogP contribution is -2.07. The second kappa shape index (κ2) is 3.41. The second-order valence-electron chi connectivity index (χ2n) is 2.18. The van der Waals surface area contributed by atoms with E-state index in [1.165, 1.54) is 7.11 Å². The van der Waals surface area contributed by atoms with E-state index < -0.39 is 16.8 Å². The van der Waals surface area contributed by atoms with Gasteiger partial charge in [0, 0.05) is 6.20 Å². The number of nitrogens with zero attached hydrogens (tertiary/aromatic N) is 1. The molecule has 1 heterocycles. The minimum atomic E-state index is -4.48. The van der Waals surface area contributed by atoms with Crippen LogP contribution in [0.4, 0.5) is 13.2 Å². The number of aromatic nitrogens is 1. The van der Waals surface area contributed by atoms with Gasteiger partial charge in [-0.3, -0.25) is 0 Å². The maximum Gasteiger partial charge on any atom is 0.418 e. The SMILES string of the molecule is COc1nccc(C(F)(F)F)c1Cl. The smallest absolute Gasteiger partial charge is 0.418 e. The Morgan fingerprint density at radius 1 is 1.46 bits per heavy atom. The molecule has 0 saturated heterocycles. The van der Waals surface area contributed by atoms with Gasteiger partial charge in [0.1, 0.15) is 5.02 Å². The molecule has 0 aliphatic carbocycles. The van der Waals surface area contributed by atoms with E-state index in [4.69, 9.17) is 11.6 Å². The van der Waals surface area contributed by atoms with Gasteiger partial charge in [-0.1, -0.05) is 11.6 Å². The van der Waals surface area contributed by atoms with Gasteiger partial charge in [-0.05, 0) is 6.07 Å². The van der Waals surface area contributed by atoms with Crippen LogP contribution in [0, 0.1) is 0 Å². The third kappa shape index (κ3) is 2.03. The first-order valence-electron chi connectivity index (χ1n) is 3.22. The highest BCUT2D eigenvalue weighted by Gasteiger charge is 2.34. The van der Waals surface area contributed by atoms with Crippen LogP contribution in [0.2, 0.25) is 5.02 Å². The topological polar surface area (TPSA) is 22.1 Å². The van der Waals surface area contributed by atoms with E-state index in [-0.39, 0.29) is 5.88 Å². The first-order valence-corrected chi connectivity index (χ1v) is 3.60. The molecule has 0 saturated carbocycles. The lowest BCUT2D eigenvalue weighted by molar-refractivity contribution is -0.137. The summed E-state index contributed by atoms with van der Waals surface area (Å²) < 4.78 is 41.1. The second-order valence-corrected chi connectivity index (χ2v) is 2.56. The Hall–Kier alpha value is -0.970. The number of methoxy groups -OCH3 is 1. The summed E-state index contributed by atoms with van der Waals surface area (Å²) in [6.07, 6.45) is -3.49. The molecule has 0 radical (unpaired) electrons. The predicted octanol–water partition coefficient (Wildman–Crippen LogP) is 2.76. The zero-order valence-corrected chi connectivity index (χ0v) is 7.28. The summed E-state index contributed by atoms with van der Waals surface area (Å²) in [6.45, 7) is 0. The van der Waals surface area contributed by atoms with Crippen molar-refractivity contribution in [2.24, 2.45) is 0 Å². The van der Waals surface area contributed by atoms with Gasteiger partial charge in [-0.2, -0.15) is 13.2 Å². The van der Waals surface area contributed by atoms with Crippen LogP contribution in [0.15, 0.2) is 12.3 Å². The zero-order chi connectivity index (χ0) is 10.1. The molecule has 0 bridgehead atoms. The average molecular weight is 212 g/mol. The van der Waals surface area contributed by atoms with Crippen molar-refractivity contribution < 1.29 is 17.9 Å². The van der Waals surface area contributed by atoms with Gasteiger partial charge >= 0.3 is 6.18 Å². The maximum absolute atomic E-state index is 12.2. The number of alkyl halides is 3. The largest absolute Gasteiger partial charge is 0.480 e. The standard InChI is InChI=1S/C7H5ClF3NO/c1-13-6-5(8)4(2-3-12-6)7(9,10)11/h2-3H,1H3. The molecule has 72 valence electrons. The molecule has 0 aromatic carbocycles.